The third-order valence-electron chi connectivity index (χ3n) is 3.29. The van der Waals surface area contributed by atoms with Gasteiger partial charge in [0.25, 0.3) is 0 Å². The minimum absolute atomic E-state index is 0.687. The smallest absolute Gasteiger partial charge is 0.128 e. The van der Waals surface area contributed by atoms with E-state index in [2.05, 4.69) is 25.9 Å². The first-order chi connectivity index (χ1) is 9.31. The second-order valence-electron chi connectivity index (χ2n) is 4.63. The fourth-order valence-corrected chi connectivity index (χ4v) is 2.44. The quantitative estimate of drug-likeness (QED) is 0.856. The zero-order valence-electron chi connectivity index (χ0n) is 10.6. The molecule has 5 nitrogen and oxygen atoms in total. The van der Waals surface area contributed by atoms with Crippen LogP contribution in [-0.4, -0.2) is 45.8 Å². The lowest BCUT2D eigenvalue weighted by atomic mass is 10.3. The molecule has 0 aromatic carbocycles. The summed E-state index contributed by atoms with van der Waals surface area (Å²) in [4.78, 5) is 9.06. The average Bonchev–Trinajstić information content (AvgIpc) is 2.86. The lowest BCUT2D eigenvalue weighted by Crippen LogP contribution is -2.47. The van der Waals surface area contributed by atoms with Crippen LogP contribution in [0.25, 0.3) is 0 Å². The molecule has 3 rings (SSSR count). The van der Waals surface area contributed by atoms with Gasteiger partial charge in [0.1, 0.15) is 5.82 Å². The Bertz CT molecular complexity index is 519. The van der Waals surface area contributed by atoms with Gasteiger partial charge in [0.05, 0.1) is 17.9 Å². The summed E-state index contributed by atoms with van der Waals surface area (Å²) in [6, 6.07) is 6.03. The van der Waals surface area contributed by atoms with Gasteiger partial charge in [0.15, 0.2) is 0 Å². The largest absolute Gasteiger partial charge is 0.354 e. The lowest BCUT2D eigenvalue weighted by Gasteiger charge is -2.35. The SMILES string of the molecule is Clc1cnn(CN2CCN(c3ccccn3)CC2)c1. The normalized spacial score (nSPS) is 16.8. The first-order valence-electron chi connectivity index (χ1n) is 6.37. The van der Waals surface area contributed by atoms with Crippen LogP contribution in [0.5, 0.6) is 0 Å². The van der Waals surface area contributed by atoms with E-state index < -0.39 is 0 Å². The van der Waals surface area contributed by atoms with Gasteiger partial charge in [0, 0.05) is 38.6 Å². The van der Waals surface area contributed by atoms with E-state index in [1.807, 2.05) is 29.2 Å². The van der Waals surface area contributed by atoms with Gasteiger partial charge in [-0.2, -0.15) is 5.10 Å². The molecule has 2 aromatic rings. The van der Waals surface area contributed by atoms with Crippen LogP contribution in [0.15, 0.2) is 36.8 Å². The minimum Gasteiger partial charge on any atom is -0.354 e. The monoisotopic (exact) mass is 277 g/mol. The Morgan fingerprint density at radius 1 is 1.16 bits per heavy atom. The molecule has 1 fully saturated rings. The van der Waals surface area contributed by atoms with E-state index in [0.717, 1.165) is 38.7 Å². The fraction of sp³-hybridized carbons (Fsp3) is 0.385. The summed E-state index contributed by atoms with van der Waals surface area (Å²) in [6.45, 7) is 4.79. The molecule has 19 heavy (non-hydrogen) atoms. The van der Waals surface area contributed by atoms with E-state index in [4.69, 9.17) is 11.6 Å². The highest BCUT2D eigenvalue weighted by Gasteiger charge is 2.17. The van der Waals surface area contributed by atoms with Crippen LogP contribution in [0.1, 0.15) is 0 Å². The Hall–Kier alpha value is -1.59. The summed E-state index contributed by atoms with van der Waals surface area (Å²) < 4.78 is 1.87. The summed E-state index contributed by atoms with van der Waals surface area (Å²) in [7, 11) is 0. The van der Waals surface area contributed by atoms with Crippen molar-refractivity contribution in [1.82, 2.24) is 19.7 Å². The van der Waals surface area contributed by atoms with Crippen LogP contribution < -0.4 is 4.90 Å². The molecule has 0 aliphatic carbocycles. The van der Waals surface area contributed by atoms with E-state index >= 15 is 0 Å². The third-order valence-corrected chi connectivity index (χ3v) is 3.49. The Kier molecular flexibility index (Phi) is 3.66. The first-order valence-corrected chi connectivity index (χ1v) is 6.75. The van der Waals surface area contributed by atoms with Gasteiger partial charge in [-0.1, -0.05) is 17.7 Å². The number of nitrogens with zero attached hydrogens (tertiary/aromatic N) is 5. The third kappa shape index (κ3) is 3.05. The van der Waals surface area contributed by atoms with Gasteiger partial charge in [-0.05, 0) is 12.1 Å². The van der Waals surface area contributed by atoms with Gasteiger partial charge in [-0.15, -0.1) is 0 Å². The summed E-state index contributed by atoms with van der Waals surface area (Å²) >= 11 is 5.86. The Morgan fingerprint density at radius 2 is 2.00 bits per heavy atom. The van der Waals surface area contributed by atoms with Gasteiger partial charge in [-0.25, -0.2) is 4.98 Å². The molecule has 0 radical (unpaired) electrons. The highest BCUT2D eigenvalue weighted by Crippen LogP contribution is 2.13. The Balaban J connectivity index is 1.55. The number of anilines is 1. The van der Waals surface area contributed by atoms with Gasteiger partial charge in [0.2, 0.25) is 0 Å². The number of pyridine rings is 1. The predicted octanol–water partition coefficient (Wildman–Crippen LogP) is 1.71. The van der Waals surface area contributed by atoms with Crippen LogP contribution in [0.4, 0.5) is 5.82 Å². The van der Waals surface area contributed by atoms with Gasteiger partial charge in [-0.3, -0.25) is 9.58 Å². The molecule has 1 aliphatic rings. The first kappa shape index (κ1) is 12.4. The molecule has 0 saturated carbocycles. The molecule has 0 spiro atoms. The van der Waals surface area contributed by atoms with E-state index in [9.17, 15) is 0 Å². The van der Waals surface area contributed by atoms with Crippen molar-refractivity contribution >= 4 is 17.4 Å². The minimum atomic E-state index is 0.687. The molecule has 3 heterocycles. The molecule has 1 aliphatic heterocycles. The van der Waals surface area contributed by atoms with Crippen molar-refractivity contribution in [2.75, 3.05) is 31.1 Å². The van der Waals surface area contributed by atoms with Crippen molar-refractivity contribution in [3.05, 3.63) is 41.8 Å². The average molecular weight is 278 g/mol. The van der Waals surface area contributed by atoms with Crippen molar-refractivity contribution in [3.8, 4) is 0 Å². The van der Waals surface area contributed by atoms with Crippen molar-refractivity contribution in [2.45, 2.75) is 6.67 Å². The molecule has 6 heteroatoms. The van der Waals surface area contributed by atoms with Crippen LogP contribution in [0.3, 0.4) is 0 Å². The van der Waals surface area contributed by atoms with Crippen molar-refractivity contribution in [3.63, 3.8) is 0 Å². The molecule has 2 aromatic heterocycles. The van der Waals surface area contributed by atoms with E-state index in [1.165, 1.54) is 0 Å². The standard InChI is InChI=1S/C13H16ClN5/c14-12-9-16-19(10-12)11-17-5-7-18(8-6-17)13-3-1-2-4-15-13/h1-4,9-10H,5-8,11H2. The number of piperazine rings is 1. The predicted molar refractivity (Wildman–Crippen MR) is 75.3 cm³/mol. The van der Waals surface area contributed by atoms with E-state index in [-0.39, 0.29) is 0 Å². The molecule has 0 amide bonds. The van der Waals surface area contributed by atoms with Crippen LogP contribution >= 0.6 is 11.6 Å². The highest BCUT2D eigenvalue weighted by atomic mass is 35.5. The fourth-order valence-electron chi connectivity index (χ4n) is 2.28. The highest BCUT2D eigenvalue weighted by molar-refractivity contribution is 6.30. The summed E-state index contributed by atoms with van der Waals surface area (Å²) in [6.07, 6.45) is 5.37. The lowest BCUT2D eigenvalue weighted by molar-refractivity contribution is 0.195. The van der Waals surface area contributed by atoms with Gasteiger partial charge < -0.3 is 4.90 Å². The molecule has 0 atom stereocenters. The van der Waals surface area contributed by atoms with Crippen LogP contribution in [0.2, 0.25) is 5.02 Å². The molecular weight excluding hydrogens is 262 g/mol. The zero-order valence-corrected chi connectivity index (χ0v) is 11.4. The molecule has 0 bridgehead atoms. The zero-order chi connectivity index (χ0) is 13.1. The second-order valence-corrected chi connectivity index (χ2v) is 5.07. The van der Waals surface area contributed by atoms with Crippen LogP contribution in [0, 0.1) is 0 Å². The number of rotatable bonds is 3. The number of hydrogen-bond acceptors (Lipinski definition) is 4. The molecule has 1 saturated heterocycles. The van der Waals surface area contributed by atoms with E-state index in [0.29, 0.717) is 5.02 Å². The summed E-state index contributed by atoms with van der Waals surface area (Å²) in [5, 5.41) is 4.89. The van der Waals surface area contributed by atoms with Crippen molar-refractivity contribution in [2.24, 2.45) is 0 Å². The number of hydrogen-bond donors (Lipinski definition) is 0. The molecule has 0 N–H and O–H groups in total. The maximum atomic E-state index is 5.86. The molecule has 100 valence electrons. The maximum absolute atomic E-state index is 5.86. The van der Waals surface area contributed by atoms with Crippen LogP contribution in [-0.2, 0) is 6.67 Å². The Morgan fingerprint density at radius 3 is 2.63 bits per heavy atom. The topological polar surface area (TPSA) is 37.2 Å². The maximum Gasteiger partial charge on any atom is 0.128 e. The number of halogens is 1. The Labute approximate surface area is 117 Å². The number of aromatic nitrogens is 3. The molecular formula is C13H16ClN5. The second kappa shape index (κ2) is 5.59. The molecule has 0 unspecified atom stereocenters. The van der Waals surface area contributed by atoms with Crippen molar-refractivity contribution in [1.29, 1.82) is 0 Å². The van der Waals surface area contributed by atoms with Crippen molar-refractivity contribution < 1.29 is 0 Å². The summed E-state index contributed by atoms with van der Waals surface area (Å²) in [5.41, 5.74) is 0. The van der Waals surface area contributed by atoms with Gasteiger partial charge >= 0.3 is 0 Å². The summed E-state index contributed by atoms with van der Waals surface area (Å²) in [5.74, 6) is 1.06. The van der Waals surface area contributed by atoms with E-state index in [1.54, 1.807) is 6.20 Å².